The first-order valence-corrected chi connectivity index (χ1v) is 7.68. The fourth-order valence-corrected chi connectivity index (χ4v) is 2.04. The maximum Gasteiger partial charge on any atom is 0.319 e. The highest BCUT2D eigenvalue weighted by Gasteiger charge is 2.06. The molecule has 0 fully saturated rings. The Labute approximate surface area is 139 Å². The fourth-order valence-electron chi connectivity index (χ4n) is 2.04. The van der Waals surface area contributed by atoms with Crippen LogP contribution in [0.25, 0.3) is 0 Å². The topological polar surface area (TPSA) is 50.4 Å². The summed E-state index contributed by atoms with van der Waals surface area (Å²) in [7, 11) is 0. The molecule has 2 aromatic carbocycles. The summed E-state index contributed by atoms with van der Waals surface area (Å²) < 4.78 is 31.3. The summed E-state index contributed by atoms with van der Waals surface area (Å²) in [6.07, 6.45) is 0. The minimum absolute atomic E-state index is 0.0529. The van der Waals surface area contributed by atoms with E-state index >= 15 is 0 Å². The van der Waals surface area contributed by atoms with E-state index in [2.05, 4.69) is 24.5 Å². The van der Waals surface area contributed by atoms with E-state index in [1.165, 1.54) is 11.6 Å². The molecule has 2 aromatic rings. The maximum absolute atomic E-state index is 13.3. The summed E-state index contributed by atoms with van der Waals surface area (Å²) in [4.78, 5) is 11.8. The average molecular weight is 334 g/mol. The first-order chi connectivity index (χ1) is 11.5. The molecule has 0 aromatic heterocycles. The van der Waals surface area contributed by atoms with Crippen molar-refractivity contribution in [3.05, 3.63) is 59.7 Å². The van der Waals surface area contributed by atoms with Gasteiger partial charge in [-0.25, -0.2) is 13.6 Å². The number of nitrogens with one attached hydrogen (secondary N) is 2. The number of amides is 2. The van der Waals surface area contributed by atoms with Gasteiger partial charge in [-0.05, 0) is 35.7 Å². The van der Waals surface area contributed by atoms with Crippen LogP contribution in [0, 0.1) is 11.6 Å². The Kier molecular flexibility index (Phi) is 6.12. The Morgan fingerprint density at radius 2 is 1.83 bits per heavy atom. The second-order valence-corrected chi connectivity index (χ2v) is 5.58. The third kappa shape index (κ3) is 5.22. The fraction of sp³-hybridized carbons (Fsp3) is 0.278. The predicted octanol–water partition coefficient (Wildman–Crippen LogP) is 4.29. The van der Waals surface area contributed by atoms with Crippen molar-refractivity contribution in [2.45, 2.75) is 19.8 Å². The van der Waals surface area contributed by atoms with Gasteiger partial charge in [0.25, 0.3) is 0 Å². The molecule has 0 saturated carbocycles. The molecule has 0 heterocycles. The summed E-state index contributed by atoms with van der Waals surface area (Å²) in [5, 5.41) is 5.29. The molecule has 128 valence electrons. The summed E-state index contributed by atoms with van der Waals surface area (Å²) in [5.41, 5.74) is 1.87. The Morgan fingerprint density at radius 1 is 1.12 bits per heavy atom. The molecule has 0 radical (unpaired) electrons. The van der Waals surface area contributed by atoms with E-state index in [0.717, 1.165) is 12.1 Å². The molecule has 0 unspecified atom stereocenters. The predicted molar refractivity (Wildman–Crippen MR) is 89.4 cm³/mol. The van der Waals surface area contributed by atoms with E-state index in [-0.39, 0.29) is 24.9 Å². The van der Waals surface area contributed by atoms with Crippen LogP contribution in [-0.2, 0) is 0 Å². The van der Waals surface area contributed by atoms with E-state index < -0.39 is 11.6 Å². The number of benzene rings is 2. The lowest BCUT2D eigenvalue weighted by Crippen LogP contribution is -2.32. The molecule has 24 heavy (non-hydrogen) atoms. The van der Waals surface area contributed by atoms with Crippen LogP contribution in [0.3, 0.4) is 0 Å². The van der Waals surface area contributed by atoms with Crippen LogP contribution in [-0.4, -0.2) is 19.2 Å². The van der Waals surface area contributed by atoms with Gasteiger partial charge < -0.3 is 15.4 Å². The summed E-state index contributed by atoms with van der Waals surface area (Å²) in [5.74, 6) is -1.06. The number of carbonyl (C=O) groups excluding carboxylic acids is 1. The van der Waals surface area contributed by atoms with Gasteiger partial charge in [0, 0.05) is 11.8 Å². The zero-order chi connectivity index (χ0) is 17.5. The van der Waals surface area contributed by atoms with Crippen LogP contribution in [0.4, 0.5) is 19.3 Å². The second-order valence-electron chi connectivity index (χ2n) is 5.58. The molecule has 0 atom stereocenters. The number of hydrogen-bond acceptors (Lipinski definition) is 2. The molecule has 2 rings (SSSR count). The van der Waals surface area contributed by atoms with Crippen molar-refractivity contribution in [3.8, 4) is 5.75 Å². The van der Waals surface area contributed by atoms with E-state index in [1.54, 1.807) is 0 Å². The molecule has 2 N–H and O–H groups in total. The molecule has 4 nitrogen and oxygen atoms in total. The second kappa shape index (κ2) is 8.29. The Hall–Kier alpha value is -2.63. The molecular formula is C18H20F2N2O2. The van der Waals surface area contributed by atoms with Gasteiger partial charge in [0.15, 0.2) is 11.6 Å². The molecule has 6 heteroatoms. The Bertz CT molecular complexity index is 688. The number of halogens is 2. The van der Waals surface area contributed by atoms with Crippen molar-refractivity contribution in [2.24, 2.45) is 0 Å². The lowest BCUT2D eigenvalue weighted by molar-refractivity contribution is 0.246. The van der Waals surface area contributed by atoms with Gasteiger partial charge in [0.1, 0.15) is 12.4 Å². The third-order valence-electron chi connectivity index (χ3n) is 3.37. The van der Waals surface area contributed by atoms with Crippen LogP contribution in [0.15, 0.2) is 42.5 Å². The van der Waals surface area contributed by atoms with Gasteiger partial charge in [0.2, 0.25) is 0 Å². The van der Waals surface area contributed by atoms with Crippen molar-refractivity contribution >= 4 is 11.7 Å². The molecule has 0 spiro atoms. The highest BCUT2D eigenvalue weighted by Crippen LogP contribution is 2.18. The largest absolute Gasteiger partial charge is 0.489 e. The number of hydrogen-bond donors (Lipinski definition) is 2. The zero-order valence-electron chi connectivity index (χ0n) is 13.6. The Morgan fingerprint density at radius 3 is 2.46 bits per heavy atom. The molecular weight excluding hydrogens is 314 g/mol. The van der Waals surface area contributed by atoms with Crippen molar-refractivity contribution in [1.82, 2.24) is 5.32 Å². The minimum atomic E-state index is -0.773. The van der Waals surface area contributed by atoms with Crippen LogP contribution >= 0.6 is 0 Å². The SMILES string of the molecule is CC(C)c1ccc(NC(=O)NCCOc2ccc(F)cc2F)cc1. The third-order valence-corrected chi connectivity index (χ3v) is 3.37. The van der Waals surface area contributed by atoms with Gasteiger partial charge in [-0.1, -0.05) is 26.0 Å². The van der Waals surface area contributed by atoms with Crippen molar-refractivity contribution in [3.63, 3.8) is 0 Å². The minimum Gasteiger partial charge on any atom is -0.489 e. The lowest BCUT2D eigenvalue weighted by Gasteiger charge is -2.10. The maximum atomic E-state index is 13.3. The Balaban J connectivity index is 1.73. The normalized spacial score (nSPS) is 10.5. The quantitative estimate of drug-likeness (QED) is 0.774. The van der Waals surface area contributed by atoms with Crippen LogP contribution in [0.2, 0.25) is 0 Å². The van der Waals surface area contributed by atoms with Crippen LogP contribution < -0.4 is 15.4 Å². The van der Waals surface area contributed by atoms with Gasteiger partial charge >= 0.3 is 6.03 Å². The van der Waals surface area contributed by atoms with Gasteiger partial charge in [0.05, 0.1) is 6.54 Å². The average Bonchev–Trinajstić information content (AvgIpc) is 2.53. The highest BCUT2D eigenvalue weighted by atomic mass is 19.1. The summed E-state index contributed by atoms with van der Waals surface area (Å²) >= 11 is 0. The standard InChI is InChI=1S/C18H20F2N2O2/c1-12(2)13-3-6-15(7-4-13)22-18(23)21-9-10-24-17-8-5-14(19)11-16(17)20/h3-8,11-12H,9-10H2,1-2H3,(H2,21,22,23). The van der Waals surface area contributed by atoms with Gasteiger partial charge in [-0.3, -0.25) is 0 Å². The first-order valence-electron chi connectivity index (χ1n) is 7.68. The van der Waals surface area contributed by atoms with E-state index in [9.17, 15) is 13.6 Å². The van der Waals surface area contributed by atoms with Gasteiger partial charge in [-0.2, -0.15) is 0 Å². The number of ether oxygens (including phenoxy) is 1. The van der Waals surface area contributed by atoms with Crippen molar-refractivity contribution in [1.29, 1.82) is 0 Å². The number of rotatable bonds is 6. The lowest BCUT2D eigenvalue weighted by atomic mass is 10.0. The van der Waals surface area contributed by atoms with Crippen molar-refractivity contribution in [2.75, 3.05) is 18.5 Å². The first kappa shape index (κ1) is 17.7. The summed E-state index contributed by atoms with van der Waals surface area (Å²) in [6, 6.07) is 10.3. The molecule has 0 aliphatic rings. The van der Waals surface area contributed by atoms with Gasteiger partial charge in [-0.15, -0.1) is 0 Å². The van der Waals surface area contributed by atoms with Crippen LogP contribution in [0.5, 0.6) is 5.75 Å². The zero-order valence-corrected chi connectivity index (χ0v) is 13.6. The summed E-state index contributed by atoms with van der Waals surface area (Å²) in [6.45, 7) is 4.45. The van der Waals surface area contributed by atoms with Crippen molar-refractivity contribution < 1.29 is 18.3 Å². The number of carbonyl (C=O) groups is 1. The van der Waals surface area contributed by atoms with E-state index in [4.69, 9.17) is 4.74 Å². The smallest absolute Gasteiger partial charge is 0.319 e. The molecule has 0 aliphatic carbocycles. The van der Waals surface area contributed by atoms with E-state index in [1.807, 2.05) is 24.3 Å². The molecule has 0 bridgehead atoms. The molecule has 0 saturated heterocycles. The number of urea groups is 1. The molecule has 0 aliphatic heterocycles. The van der Waals surface area contributed by atoms with Crippen LogP contribution in [0.1, 0.15) is 25.3 Å². The molecule has 2 amide bonds. The van der Waals surface area contributed by atoms with E-state index in [0.29, 0.717) is 11.6 Å². The monoisotopic (exact) mass is 334 g/mol. The highest BCUT2D eigenvalue weighted by molar-refractivity contribution is 5.89. The number of anilines is 1.